The van der Waals surface area contributed by atoms with Crippen molar-refractivity contribution in [2.24, 2.45) is 15.7 Å². The van der Waals surface area contributed by atoms with Crippen molar-refractivity contribution in [3.05, 3.63) is 41.6 Å². The summed E-state index contributed by atoms with van der Waals surface area (Å²) in [6.07, 6.45) is -6.93. The average Bonchev–Trinajstić information content (AvgIpc) is 2.67. The van der Waals surface area contributed by atoms with Gasteiger partial charge in [-0.3, -0.25) is 14.8 Å². The number of amidine groups is 1. The molecule has 6 nitrogen and oxygen atoms in total. The van der Waals surface area contributed by atoms with Crippen molar-refractivity contribution in [3.63, 3.8) is 0 Å². The van der Waals surface area contributed by atoms with Gasteiger partial charge in [0, 0.05) is 18.3 Å². The Labute approximate surface area is 172 Å². The minimum Gasteiger partial charge on any atom is -0.385 e. The Morgan fingerprint density at radius 2 is 2.07 bits per heavy atom. The van der Waals surface area contributed by atoms with Gasteiger partial charge in [-0.25, -0.2) is 8.78 Å². The fourth-order valence-electron chi connectivity index (χ4n) is 2.94. The van der Waals surface area contributed by atoms with Gasteiger partial charge in [0.15, 0.2) is 10.4 Å². The Kier molecular flexibility index (Phi) is 5.87. The fraction of sp³-hybridized carbons (Fsp3) is 0.389. The van der Waals surface area contributed by atoms with E-state index in [0.717, 1.165) is 6.08 Å². The predicted molar refractivity (Wildman–Crippen MR) is 101 cm³/mol. The van der Waals surface area contributed by atoms with Gasteiger partial charge in [-0.2, -0.15) is 13.2 Å². The van der Waals surface area contributed by atoms with E-state index in [9.17, 15) is 26.7 Å². The van der Waals surface area contributed by atoms with E-state index < -0.39 is 41.9 Å². The van der Waals surface area contributed by atoms with Gasteiger partial charge < -0.3 is 15.8 Å². The number of amides is 1. The van der Waals surface area contributed by atoms with Crippen molar-refractivity contribution in [2.45, 2.75) is 29.4 Å². The summed E-state index contributed by atoms with van der Waals surface area (Å²) >= 11 is 5.49. The zero-order valence-corrected chi connectivity index (χ0v) is 16.0. The normalized spacial score (nSPS) is 26.9. The largest absolute Gasteiger partial charge is 0.412 e. The van der Waals surface area contributed by atoms with Gasteiger partial charge in [-0.05, 0) is 17.7 Å². The summed E-state index contributed by atoms with van der Waals surface area (Å²) in [6, 6.07) is 5.49. The molecule has 2 atom stereocenters. The first kappa shape index (κ1) is 22.2. The molecule has 0 spiro atoms. The number of nitrogens with two attached hydrogens (primary N) is 1. The van der Waals surface area contributed by atoms with Crippen LogP contribution in [0, 0.1) is 0 Å². The molecule has 12 heteroatoms. The van der Waals surface area contributed by atoms with Gasteiger partial charge in [-0.15, -0.1) is 11.6 Å². The Morgan fingerprint density at radius 3 is 2.63 bits per heavy atom. The molecule has 0 saturated heterocycles. The van der Waals surface area contributed by atoms with Crippen LogP contribution in [-0.4, -0.2) is 48.6 Å². The van der Waals surface area contributed by atoms with E-state index in [-0.39, 0.29) is 29.4 Å². The number of alkyl halides is 6. The molecule has 1 aromatic rings. The Morgan fingerprint density at radius 1 is 1.33 bits per heavy atom. The van der Waals surface area contributed by atoms with E-state index in [4.69, 9.17) is 22.1 Å². The van der Waals surface area contributed by atoms with Crippen LogP contribution in [0.15, 0.2) is 46.0 Å². The molecule has 0 aliphatic carbocycles. The van der Waals surface area contributed by atoms with Crippen LogP contribution in [0.2, 0.25) is 0 Å². The second-order valence-corrected chi connectivity index (χ2v) is 7.44. The van der Waals surface area contributed by atoms with Crippen molar-refractivity contribution in [1.29, 1.82) is 0 Å². The lowest BCUT2D eigenvalue weighted by Gasteiger charge is -2.33. The molecule has 162 valence electrons. The number of aliphatic imine (C=N–C) groups is 2. The quantitative estimate of drug-likeness (QED) is 0.544. The lowest BCUT2D eigenvalue weighted by molar-refractivity contribution is -0.143. The summed E-state index contributed by atoms with van der Waals surface area (Å²) in [5.41, 5.74) is 3.41. The molecule has 2 aliphatic heterocycles. The maximum atomic E-state index is 13.8. The maximum absolute atomic E-state index is 13.8. The summed E-state index contributed by atoms with van der Waals surface area (Å²) < 4.78 is 71.5. The van der Waals surface area contributed by atoms with E-state index >= 15 is 0 Å². The Bertz CT molecular complexity index is 933. The molecule has 2 heterocycles. The molecule has 30 heavy (non-hydrogen) atoms. The fourth-order valence-corrected chi connectivity index (χ4v) is 3.07. The highest BCUT2D eigenvalue weighted by Crippen LogP contribution is 2.40. The van der Waals surface area contributed by atoms with Gasteiger partial charge >= 0.3 is 6.18 Å². The molecular weight excluding hydrogens is 435 g/mol. The molecule has 1 aromatic carbocycles. The highest BCUT2D eigenvalue weighted by molar-refractivity contribution is 6.33. The molecule has 2 aliphatic rings. The first-order chi connectivity index (χ1) is 14.0. The number of carbonyl (C=O) groups excluding carboxylic acids is 1. The van der Waals surface area contributed by atoms with Gasteiger partial charge in [-0.1, -0.05) is 18.2 Å². The lowest BCUT2D eigenvalue weighted by Crippen LogP contribution is -2.44. The highest BCUT2D eigenvalue weighted by atomic mass is 35.5. The molecule has 3 N–H and O–H groups in total. The maximum Gasteiger partial charge on any atom is 0.412 e. The Hall–Kier alpha value is -2.53. The molecule has 1 amide bonds. The third kappa shape index (κ3) is 4.17. The monoisotopic (exact) mass is 450 g/mol. The third-order valence-corrected chi connectivity index (χ3v) is 5.07. The van der Waals surface area contributed by atoms with Crippen LogP contribution < -0.4 is 11.1 Å². The molecule has 3 rings (SSSR count). The SMILES string of the molecule is NC1=NC(c2cccc(NC(=O)C3=CCC(Cl)(C(F)(F)F)C=N3)c2)(C(F)F)COC1. The molecule has 0 aromatic heterocycles. The zero-order chi connectivity index (χ0) is 22.2. The van der Waals surface area contributed by atoms with Crippen LogP contribution in [0.1, 0.15) is 12.0 Å². The molecule has 0 radical (unpaired) electrons. The first-order valence-electron chi connectivity index (χ1n) is 8.60. The van der Waals surface area contributed by atoms with E-state index in [1.807, 2.05) is 0 Å². The smallest absolute Gasteiger partial charge is 0.385 e. The number of benzene rings is 1. The molecular formula is C18H16ClF5N4O2. The second kappa shape index (κ2) is 7.95. The van der Waals surface area contributed by atoms with Crippen LogP contribution in [-0.2, 0) is 15.1 Å². The summed E-state index contributed by atoms with van der Waals surface area (Å²) in [5.74, 6) is -0.912. The molecule has 0 fully saturated rings. The first-order valence-corrected chi connectivity index (χ1v) is 8.98. The number of halogens is 6. The number of rotatable bonds is 4. The number of nitrogens with zero attached hydrogens (tertiary/aromatic N) is 2. The van der Waals surface area contributed by atoms with Gasteiger partial charge in [0.1, 0.15) is 18.1 Å². The third-order valence-electron chi connectivity index (χ3n) is 4.60. The van der Waals surface area contributed by atoms with Crippen molar-refractivity contribution in [2.75, 3.05) is 18.5 Å². The number of nitrogens with one attached hydrogen (secondary N) is 1. The van der Waals surface area contributed by atoms with Crippen LogP contribution in [0.3, 0.4) is 0 Å². The summed E-state index contributed by atoms with van der Waals surface area (Å²) in [5, 5.41) is 2.41. The number of carbonyl (C=O) groups is 1. The zero-order valence-electron chi connectivity index (χ0n) is 15.2. The minimum absolute atomic E-state index is 0.0518. The standard InChI is InChI=1S/C18H16ClF5N4O2/c19-16(18(22,23)24)5-4-12(26-8-16)14(29)27-11-3-1-2-10(6-11)17(15(20)21)9-30-7-13(25)28-17/h1-4,6,8,15H,5,7,9H2,(H2,25,28)(H,27,29). The Balaban J connectivity index is 1.80. The number of allylic oxidation sites excluding steroid dienone is 1. The van der Waals surface area contributed by atoms with E-state index in [1.54, 1.807) is 0 Å². The van der Waals surface area contributed by atoms with Gasteiger partial charge in [0.2, 0.25) is 0 Å². The van der Waals surface area contributed by atoms with Gasteiger partial charge in [0.05, 0.1) is 6.61 Å². The van der Waals surface area contributed by atoms with Crippen molar-refractivity contribution in [3.8, 4) is 0 Å². The minimum atomic E-state index is -4.74. The second-order valence-electron chi connectivity index (χ2n) is 6.77. The number of hydrogen-bond donors (Lipinski definition) is 2. The lowest BCUT2D eigenvalue weighted by atomic mass is 9.90. The van der Waals surface area contributed by atoms with E-state index in [0.29, 0.717) is 6.21 Å². The van der Waals surface area contributed by atoms with Crippen LogP contribution in [0.5, 0.6) is 0 Å². The highest BCUT2D eigenvalue weighted by Gasteiger charge is 2.53. The van der Waals surface area contributed by atoms with Crippen molar-refractivity contribution in [1.82, 2.24) is 0 Å². The average molecular weight is 451 g/mol. The number of ether oxygens (including phenoxy) is 1. The van der Waals surface area contributed by atoms with Crippen LogP contribution in [0.25, 0.3) is 0 Å². The van der Waals surface area contributed by atoms with Crippen molar-refractivity contribution >= 4 is 35.2 Å². The topological polar surface area (TPSA) is 89.1 Å². The van der Waals surface area contributed by atoms with E-state index in [2.05, 4.69) is 15.3 Å². The van der Waals surface area contributed by atoms with Crippen LogP contribution >= 0.6 is 11.6 Å². The molecule has 0 saturated carbocycles. The molecule has 0 bridgehead atoms. The number of anilines is 1. The van der Waals surface area contributed by atoms with Crippen LogP contribution in [0.4, 0.5) is 27.6 Å². The van der Waals surface area contributed by atoms with E-state index in [1.165, 1.54) is 24.3 Å². The summed E-state index contributed by atoms with van der Waals surface area (Å²) in [6.45, 7) is -0.482. The predicted octanol–water partition coefficient (Wildman–Crippen LogP) is 3.37. The van der Waals surface area contributed by atoms with Crippen molar-refractivity contribution < 1.29 is 31.5 Å². The number of hydrogen-bond acceptors (Lipinski definition) is 5. The van der Waals surface area contributed by atoms with Gasteiger partial charge in [0.25, 0.3) is 12.3 Å². The molecule has 2 unspecified atom stereocenters. The summed E-state index contributed by atoms with van der Waals surface area (Å²) in [7, 11) is 0. The summed E-state index contributed by atoms with van der Waals surface area (Å²) in [4.78, 5) is 17.0.